The lowest BCUT2D eigenvalue weighted by molar-refractivity contribution is -0.135. The van der Waals surface area contributed by atoms with Crippen molar-refractivity contribution >= 4 is 23.6 Å². The SMILES string of the molecule is COc1cccc([C@@H]2OC(c3nc4nc(C)cc(C)n4n3)=NN2C(C)=O)c1OC(C)=O. The zero-order valence-corrected chi connectivity index (χ0v) is 17.6. The quantitative estimate of drug-likeness (QED) is 0.460. The highest BCUT2D eigenvalue weighted by molar-refractivity contribution is 5.93. The molecule has 0 fully saturated rings. The summed E-state index contributed by atoms with van der Waals surface area (Å²) in [4.78, 5) is 32.7. The second kappa shape index (κ2) is 7.67. The minimum Gasteiger partial charge on any atom is -0.493 e. The highest BCUT2D eigenvalue weighted by Crippen LogP contribution is 2.40. The van der Waals surface area contributed by atoms with Gasteiger partial charge in [-0.3, -0.25) is 9.59 Å². The molecule has 1 aromatic carbocycles. The van der Waals surface area contributed by atoms with Crippen LogP contribution in [0.2, 0.25) is 0 Å². The van der Waals surface area contributed by atoms with Gasteiger partial charge in [0.05, 0.1) is 12.7 Å². The van der Waals surface area contributed by atoms with Crippen molar-refractivity contribution in [3.05, 3.63) is 47.0 Å². The predicted octanol–water partition coefficient (Wildman–Crippen LogP) is 1.91. The number of hydrogen-bond acceptors (Lipinski definition) is 9. The summed E-state index contributed by atoms with van der Waals surface area (Å²) in [5.74, 6) is 0.129. The number of carbonyl (C=O) groups excluding carboxylic acids is 2. The molecular formula is C20H20N6O5. The molecule has 1 amide bonds. The summed E-state index contributed by atoms with van der Waals surface area (Å²) >= 11 is 0. The van der Waals surface area contributed by atoms with Crippen LogP contribution in [0.1, 0.15) is 42.9 Å². The molecule has 0 aliphatic carbocycles. The van der Waals surface area contributed by atoms with E-state index in [4.69, 9.17) is 14.2 Å². The van der Waals surface area contributed by atoms with Gasteiger partial charge in [-0.25, -0.2) is 9.50 Å². The second-order valence-corrected chi connectivity index (χ2v) is 6.90. The Kier molecular flexibility index (Phi) is 5.01. The van der Waals surface area contributed by atoms with Crippen LogP contribution in [0.5, 0.6) is 11.5 Å². The maximum absolute atomic E-state index is 12.3. The molecule has 2 aromatic heterocycles. The topological polar surface area (TPSA) is 121 Å². The maximum Gasteiger partial charge on any atom is 0.308 e. The normalized spacial score (nSPS) is 15.6. The van der Waals surface area contributed by atoms with Gasteiger partial charge < -0.3 is 14.2 Å². The average Bonchev–Trinajstić information content (AvgIpc) is 3.32. The lowest BCUT2D eigenvalue weighted by Gasteiger charge is -2.22. The van der Waals surface area contributed by atoms with Crippen LogP contribution >= 0.6 is 0 Å². The largest absolute Gasteiger partial charge is 0.493 e. The van der Waals surface area contributed by atoms with Crippen LogP contribution in [0.25, 0.3) is 5.78 Å². The van der Waals surface area contributed by atoms with E-state index in [9.17, 15) is 9.59 Å². The number of benzene rings is 1. The third-order valence-corrected chi connectivity index (χ3v) is 4.52. The van der Waals surface area contributed by atoms with Gasteiger partial charge in [0, 0.05) is 25.2 Å². The van der Waals surface area contributed by atoms with Crippen molar-refractivity contribution in [2.45, 2.75) is 33.9 Å². The first kappa shape index (κ1) is 20.3. The Bertz CT molecular complexity index is 1230. The number of fused-ring (bicyclic) bond motifs is 1. The molecule has 1 aliphatic heterocycles. The number of nitrogens with zero attached hydrogens (tertiary/aromatic N) is 6. The Morgan fingerprint density at radius 1 is 1.16 bits per heavy atom. The number of rotatable bonds is 4. The number of para-hydroxylation sites is 1. The van der Waals surface area contributed by atoms with Crippen LogP contribution in [0.3, 0.4) is 0 Å². The minimum atomic E-state index is -1.00. The molecule has 0 N–H and O–H groups in total. The van der Waals surface area contributed by atoms with E-state index in [1.54, 1.807) is 22.7 Å². The average molecular weight is 424 g/mol. The summed E-state index contributed by atoms with van der Waals surface area (Å²) in [6.07, 6.45) is -1.00. The Morgan fingerprint density at radius 3 is 2.61 bits per heavy atom. The summed E-state index contributed by atoms with van der Waals surface area (Å²) in [6, 6.07) is 6.86. The van der Waals surface area contributed by atoms with Crippen molar-refractivity contribution in [2.24, 2.45) is 5.10 Å². The van der Waals surface area contributed by atoms with Crippen molar-refractivity contribution in [1.82, 2.24) is 24.6 Å². The molecule has 0 radical (unpaired) electrons. The molecule has 11 heteroatoms. The number of aryl methyl sites for hydroxylation is 2. The van der Waals surface area contributed by atoms with Gasteiger partial charge >= 0.3 is 5.97 Å². The predicted molar refractivity (Wildman–Crippen MR) is 107 cm³/mol. The fourth-order valence-corrected chi connectivity index (χ4v) is 3.26. The third-order valence-electron chi connectivity index (χ3n) is 4.52. The number of esters is 1. The van der Waals surface area contributed by atoms with Gasteiger partial charge in [-0.2, -0.15) is 9.99 Å². The smallest absolute Gasteiger partial charge is 0.308 e. The molecule has 0 saturated heterocycles. The minimum absolute atomic E-state index is 0.0411. The fraction of sp³-hybridized carbons (Fsp3) is 0.300. The Labute approximate surface area is 177 Å². The van der Waals surface area contributed by atoms with E-state index in [1.807, 2.05) is 19.9 Å². The number of amides is 1. The van der Waals surface area contributed by atoms with Crippen LogP contribution in [-0.4, -0.2) is 49.5 Å². The summed E-state index contributed by atoms with van der Waals surface area (Å²) in [6.45, 7) is 6.36. The number of aromatic nitrogens is 4. The maximum atomic E-state index is 12.3. The van der Waals surface area contributed by atoms with E-state index in [0.717, 1.165) is 16.4 Å². The number of carbonyl (C=O) groups is 2. The standard InChI is InChI=1S/C20H20N6O5/c1-10-9-11(2)25-20(21-10)22-17(23-25)18-24-26(12(3)27)19(31-18)14-7-6-8-15(29-5)16(14)30-13(4)28/h6-9,19H,1-5H3/t19-/m0/s1. The molecule has 31 heavy (non-hydrogen) atoms. The molecule has 3 aromatic rings. The van der Waals surface area contributed by atoms with Crippen molar-refractivity contribution in [1.29, 1.82) is 0 Å². The molecule has 0 unspecified atom stereocenters. The Balaban J connectivity index is 1.77. The van der Waals surface area contributed by atoms with E-state index < -0.39 is 12.2 Å². The van der Waals surface area contributed by atoms with Crippen molar-refractivity contribution in [3.63, 3.8) is 0 Å². The number of hydrogen-bond donors (Lipinski definition) is 0. The van der Waals surface area contributed by atoms with E-state index >= 15 is 0 Å². The molecular weight excluding hydrogens is 404 g/mol. The van der Waals surface area contributed by atoms with Gasteiger partial charge in [0.25, 0.3) is 11.7 Å². The first-order chi connectivity index (χ1) is 14.8. The second-order valence-electron chi connectivity index (χ2n) is 6.90. The zero-order chi connectivity index (χ0) is 22.3. The first-order valence-corrected chi connectivity index (χ1v) is 9.40. The lowest BCUT2D eigenvalue weighted by Crippen LogP contribution is -2.26. The van der Waals surface area contributed by atoms with Gasteiger partial charge in [-0.15, -0.1) is 10.2 Å². The fourth-order valence-electron chi connectivity index (χ4n) is 3.26. The number of ether oxygens (including phenoxy) is 3. The zero-order valence-electron chi connectivity index (χ0n) is 17.6. The van der Waals surface area contributed by atoms with Crippen LogP contribution in [0, 0.1) is 13.8 Å². The van der Waals surface area contributed by atoms with E-state index in [0.29, 0.717) is 17.1 Å². The highest BCUT2D eigenvalue weighted by atomic mass is 16.6. The Morgan fingerprint density at radius 2 is 1.94 bits per heavy atom. The van der Waals surface area contributed by atoms with Gasteiger partial charge in [0.1, 0.15) is 0 Å². The molecule has 0 saturated carbocycles. The Hall–Kier alpha value is -4.02. The number of hydrazone groups is 1. The molecule has 11 nitrogen and oxygen atoms in total. The molecule has 3 heterocycles. The highest BCUT2D eigenvalue weighted by Gasteiger charge is 2.37. The molecule has 1 aliphatic rings. The molecule has 160 valence electrons. The molecule has 0 spiro atoms. The number of methoxy groups -OCH3 is 1. The lowest BCUT2D eigenvalue weighted by atomic mass is 10.1. The first-order valence-electron chi connectivity index (χ1n) is 9.40. The summed E-state index contributed by atoms with van der Waals surface area (Å²) in [7, 11) is 1.45. The van der Waals surface area contributed by atoms with Gasteiger partial charge in [0.2, 0.25) is 18.0 Å². The summed E-state index contributed by atoms with van der Waals surface area (Å²) in [5.41, 5.74) is 2.02. The van der Waals surface area contributed by atoms with E-state index in [2.05, 4.69) is 20.2 Å². The van der Waals surface area contributed by atoms with Crippen LogP contribution in [0.15, 0.2) is 29.4 Å². The molecule has 4 rings (SSSR count). The summed E-state index contributed by atoms with van der Waals surface area (Å²) in [5, 5.41) is 9.80. The van der Waals surface area contributed by atoms with Crippen LogP contribution < -0.4 is 9.47 Å². The van der Waals surface area contributed by atoms with E-state index in [-0.39, 0.29) is 23.4 Å². The van der Waals surface area contributed by atoms with Gasteiger partial charge in [-0.1, -0.05) is 6.07 Å². The van der Waals surface area contributed by atoms with Crippen molar-refractivity contribution < 1.29 is 23.8 Å². The summed E-state index contributed by atoms with van der Waals surface area (Å²) < 4.78 is 18.2. The van der Waals surface area contributed by atoms with Gasteiger partial charge in [-0.05, 0) is 32.0 Å². The molecule has 1 atom stereocenters. The molecule has 0 bridgehead atoms. The van der Waals surface area contributed by atoms with Crippen LogP contribution in [-0.2, 0) is 14.3 Å². The van der Waals surface area contributed by atoms with Crippen molar-refractivity contribution in [3.8, 4) is 11.5 Å². The van der Waals surface area contributed by atoms with Crippen molar-refractivity contribution in [2.75, 3.05) is 7.11 Å². The third kappa shape index (κ3) is 3.65. The monoisotopic (exact) mass is 424 g/mol. The van der Waals surface area contributed by atoms with Gasteiger partial charge in [0.15, 0.2) is 11.5 Å². The van der Waals surface area contributed by atoms with Crippen LogP contribution in [0.4, 0.5) is 0 Å². The van der Waals surface area contributed by atoms with E-state index in [1.165, 1.54) is 21.0 Å².